The molecule has 2 aromatic carbocycles. The van der Waals surface area contributed by atoms with Crippen molar-refractivity contribution in [3.63, 3.8) is 0 Å². The van der Waals surface area contributed by atoms with Crippen molar-refractivity contribution in [2.75, 3.05) is 19.8 Å². The molecule has 0 radical (unpaired) electrons. The average molecular weight is 424 g/mol. The molecule has 6 heteroatoms. The number of nitrogens with zero attached hydrogens (tertiary/aromatic N) is 3. The third-order valence-corrected chi connectivity index (χ3v) is 5.40. The number of hydrogen-bond acceptors (Lipinski definition) is 5. The second-order valence-corrected chi connectivity index (χ2v) is 7.71. The van der Waals surface area contributed by atoms with Crippen LogP contribution in [-0.2, 0) is 19.5 Å². The van der Waals surface area contributed by atoms with Crippen LogP contribution in [0.15, 0.2) is 48.7 Å². The van der Waals surface area contributed by atoms with Crippen molar-refractivity contribution >= 4 is 11.6 Å². The van der Waals surface area contributed by atoms with Crippen LogP contribution in [0.5, 0.6) is 11.5 Å². The SMILES string of the molecule is CCOc1ccc(OCC)c(CN2CCc3nc(-c4ccc(Cl)cc4)ncc3C2)c1. The number of rotatable bonds is 7. The minimum absolute atomic E-state index is 0.644. The van der Waals surface area contributed by atoms with Gasteiger partial charge in [-0.05, 0) is 56.3 Å². The van der Waals surface area contributed by atoms with Crippen LogP contribution in [0.3, 0.4) is 0 Å². The second kappa shape index (κ2) is 9.45. The molecule has 1 aliphatic rings. The van der Waals surface area contributed by atoms with Crippen molar-refractivity contribution in [3.05, 3.63) is 70.5 Å². The minimum atomic E-state index is 0.644. The van der Waals surface area contributed by atoms with Crippen LogP contribution in [0.25, 0.3) is 11.4 Å². The van der Waals surface area contributed by atoms with Gasteiger partial charge in [-0.2, -0.15) is 0 Å². The van der Waals surface area contributed by atoms with E-state index in [4.69, 9.17) is 26.1 Å². The first kappa shape index (κ1) is 20.6. The Balaban J connectivity index is 1.51. The summed E-state index contributed by atoms with van der Waals surface area (Å²) in [6.45, 7) is 7.86. The lowest BCUT2D eigenvalue weighted by Gasteiger charge is -2.28. The fraction of sp³-hybridized carbons (Fsp3) is 0.333. The highest BCUT2D eigenvalue weighted by Gasteiger charge is 2.20. The molecule has 0 atom stereocenters. The molecular formula is C24H26ClN3O2. The van der Waals surface area contributed by atoms with E-state index >= 15 is 0 Å². The third-order valence-electron chi connectivity index (χ3n) is 5.15. The highest BCUT2D eigenvalue weighted by Crippen LogP contribution is 2.28. The smallest absolute Gasteiger partial charge is 0.159 e. The highest BCUT2D eigenvalue weighted by molar-refractivity contribution is 6.30. The summed E-state index contributed by atoms with van der Waals surface area (Å²) in [4.78, 5) is 11.8. The molecule has 0 saturated heterocycles. The summed E-state index contributed by atoms with van der Waals surface area (Å²) in [6.07, 6.45) is 2.85. The Hall–Kier alpha value is -2.63. The van der Waals surface area contributed by atoms with Crippen LogP contribution < -0.4 is 9.47 Å². The predicted octanol–water partition coefficient (Wildman–Crippen LogP) is 5.15. The summed E-state index contributed by atoms with van der Waals surface area (Å²) in [5.74, 6) is 2.55. The Bertz CT molecular complexity index is 1010. The maximum absolute atomic E-state index is 5.99. The summed E-state index contributed by atoms with van der Waals surface area (Å²) in [5, 5.41) is 0.715. The fourth-order valence-corrected chi connectivity index (χ4v) is 3.85. The van der Waals surface area contributed by atoms with Crippen LogP contribution in [-0.4, -0.2) is 34.6 Å². The van der Waals surface area contributed by atoms with Gasteiger partial charge in [-0.15, -0.1) is 0 Å². The number of ether oxygens (including phenoxy) is 2. The van der Waals surface area contributed by atoms with E-state index in [1.165, 1.54) is 5.56 Å². The summed E-state index contributed by atoms with van der Waals surface area (Å²) in [6, 6.07) is 13.7. The number of hydrogen-bond donors (Lipinski definition) is 0. The van der Waals surface area contributed by atoms with Crippen LogP contribution >= 0.6 is 11.6 Å². The Morgan fingerprint density at radius 2 is 1.83 bits per heavy atom. The number of aromatic nitrogens is 2. The van der Waals surface area contributed by atoms with Gasteiger partial charge in [-0.1, -0.05) is 11.6 Å². The minimum Gasteiger partial charge on any atom is -0.494 e. The van der Waals surface area contributed by atoms with Crippen molar-refractivity contribution in [1.29, 1.82) is 0 Å². The van der Waals surface area contributed by atoms with Gasteiger partial charge in [0.25, 0.3) is 0 Å². The van der Waals surface area contributed by atoms with Gasteiger partial charge in [0.05, 0.1) is 18.9 Å². The molecule has 1 aromatic heterocycles. The van der Waals surface area contributed by atoms with E-state index in [1.54, 1.807) is 0 Å². The standard InChI is InChI=1S/C24H26ClN3O2/c1-3-29-21-9-10-23(30-4-2)18(13-21)15-28-12-11-22-19(16-28)14-26-24(27-22)17-5-7-20(25)8-6-17/h5-10,13-14H,3-4,11-12,15-16H2,1-2H3. The van der Waals surface area contributed by atoms with E-state index < -0.39 is 0 Å². The molecule has 5 nitrogen and oxygen atoms in total. The molecular weight excluding hydrogens is 398 g/mol. The van der Waals surface area contributed by atoms with E-state index in [-0.39, 0.29) is 0 Å². The molecule has 0 spiro atoms. The molecule has 30 heavy (non-hydrogen) atoms. The molecule has 0 aliphatic carbocycles. The quantitative estimate of drug-likeness (QED) is 0.525. The highest BCUT2D eigenvalue weighted by atomic mass is 35.5. The lowest BCUT2D eigenvalue weighted by molar-refractivity contribution is 0.236. The van der Waals surface area contributed by atoms with Crippen molar-refractivity contribution in [2.45, 2.75) is 33.4 Å². The largest absolute Gasteiger partial charge is 0.494 e. The fourth-order valence-electron chi connectivity index (χ4n) is 3.72. The Morgan fingerprint density at radius 3 is 2.60 bits per heavy atom. The molecule has 0 amide bonds. The van der Waals surface area contributed by atoms with E-state index in [9.17, 15) is 0 Å². The van der Waals surface area contributed by atoms with Gasteiger partial charge in [-0.25, -0.2) is 9.97 Å². The lowest BCUT2D eigenvalue weighted by atomic mass is 10.1. The summed E-state index contributed by atoms with van der Waals surface area (Å²) in [7, 11) is 0. The van der Waals surface area contributed by atoms with Gasteiger partial charge in [0.1, 0.15) is 11.5 Å². The summed E-state index contributed by atoms with van der Waals surface area (Å²) in [5.41, 5.74) is 4.43. The van der Waals surface area contributed by atoms with Crippen molar-refractivity contribution in [3.8, 4) is 22.9 Å². The maximum atomic E-state index is 5.99. The zero-order chi connectivity index (χ0) is 20.9. The second-order valence-electron chi connectivity index (χ2n) is 7.27. The molecule has 0 saturated carbocycles. The van der Waals surface area contributed by atoms with Crippen LogP contribution in [0, 0.1) is 0 Å². The van der Waals surface area contributed by atoms with Gasteiger partial charge in [0.15, 0.2) is 5.82 Å². The predicted molar refractivity (Wildman–Crippen MR) is 119 cm³/mol. The van der Waals surface area contributed by atoms with Gasteiger partial charge < -0.3 is 9.47 Å². The first-order valence-corrected chi connectivity index (χ1v) is 10.8. The monoisotopic (exact) mass is 423 g/mol. The van der Waals surface area contributed by atoms with E-state index in [2.05, 4.69) is 16.0 Å². The summed E-state index contributed by atoms with van der Waals surface area (Å²) < 4.78 is 11.5. The normalized spacial score (nSPS) is 13.7. The number of benzene rings is 2. The van der Waals surface area contributed by atoms with Crippen LogP contribution in [0.2, 0.25) is 5.02 Å². The summed E-state index contributed by atoms with van der Waals surface area (Å²) >= 11 is 5.99. The molecule has 156 valence electrons. The zero-order valence-corrected chi connectivity index (χ0v) is 18.2. The van der Waals surface area contributed by atoms with Gasteiger partial charge >= 0.3 is 0 Å². The molecule has 4 rings (SSSR count). The zero-order valence-electron chi connectivity index (χ0n) is 17.4. The lowest BCUT2D eigenvalue weighted by Crippen LogP contribution is -2.31. The van der Waals surface area contributed by atoms with Gasteiger partial charge in [0.2, 0.25) is 0 Å². The van der Waals surface area contributed by atoms with Crippen molar-refractivity contribution < 1.29 is 9.47 Å². The first-order valence-electron chi connectivity index (χ1n) is 10.4. The average Bonchev–Trinajstić information content (AvgIpc) is 2.76. The maximum Gasteiger partial charge on any atom is 0.159 e. The molecule has 0 fully saturated rings. The van der Waals surface area contributed by atoms with E-state index in [1.807, 2.05) is 56.4 Å². The van der Waals surface area contributed by atoms with E-state index in [0.717, 1.165) is 60.2 Å². The molecule has 0 unspecified atom stereocenters. The van der Waals surface area contributed by atoms with Crippen LogP contribution in [0.4, 0.5) is 0 Å². The molecule has 0 bridgehead atoms. The van der Waals surface area contributed by atoms with Gasteiger partial charge in [0, 0.05) is 54.0 Å². The van der Waals surface area contributed by atoms with Crippen LogP contribution in [0.1, 0.15) is 30.7 Å². The molecule has 1 aliphatic heterocycles. The molecule has 2 heterocycles. The van der Waals surface area contributed by atoms with E-state index in [0.29, 0.717) is 18.2 Å². The third kappa shape index (κ3) is 4.74. The Labute approximate surface area is 182 Å². The number of halogens is 1. The Kier molecular flexibility index (Phi) is 6.50. The first-order chi connectivity index (χ1) is 14.7. The Morgan fingerprint density at radius 1 is 1.03 bits per heavy atom. The molecule has 3 aromatic rings. The molecule has 0 N–H and O–H groups in total. The number of fused-ring (bicyclic) bond motifs is 1. The van der Waals surface area contributed by atoms with Crippen molar-refractivity contribution in [2.24, 2.45) is 0 Å². The van der Waals surface area contributed by atoms with Gasteiger partial charge in [-0.3, -0.25) is 4.90 Å². The topological polar surface area (TPSA) is 47.5 Å². The van der Waals surface area contributed by atoms with Crippen molar-refractivity contribution in [1.82, 2.24) is 14.9 Å².